The highest BCUT2D eigenvalue weighted by Gasteiger charge is 2.21. The lowest BCUT2D eigenvalue weighted by molar-refractivity contribution is -0.122. The molecular weight excluding hydrogens is 202 g/mol. The van der Waals surface area contributed by atoms with E-state index >= 15 is 0 Å². The van der Waals surface area contributed by atoms with Gasteiger partial charge in [-0.25, -0.2) is 0 Å². The quantitative estimate of drug-likeness (QED) is 0.652. The maximum absolute atomic E-state index is 11.5. The molecule has 96 valence electrons. The van der Waals surface area contributed by atoms with Crippen LogP contribution in [-0.4, -0.2) is 43.0 Å². The molecule has 4 nitrogen and oxygen atoms in total. The van der Waals surface area contributed by atoms with Gasteiger partial charge in [0.1, 0.15) is 0 Å². The topological polar surface area (TPSA) is 58.4 Å². The summed E-state index contributed by atoms with van der Waals surface area (Å²) in [4.78, 5) is 13.8. The minimum absolute atomic E-state index is 0.0933. The summed E-state index contributed by atoms with van der Waals surface area (Å²) >= 11 is 0. The number of rotatable bonds is 8. The fourth-order valence-electron chi connectivity index (χ4n) is 2.04. The Morgan fingerprint density at radius 2 is 1.81 bits per heavy atom. The normalized spacial score (nSPS) is 13.2. The van der Waals surface area contributed by atoms with Crippen LogP contribution < -0.4 is 11.1 Å². The number of nitrogens with two attached hydrogens (primary N) is 1. The second-order valence-electron chi connectivity index (χ2n) is 4.18. The number of likely N-dealkylation sites (N-methyl/N-ethyl adjacent to an activating group) is 1. The van der Waals surface area contributed by atoms with Crippen molar-refractivity contribution >= 4 is 5.91 Å². The molecule has 1 unspecified atom stereocenters. The van der Waals surface area contributed by atoms with Gasteiger partial charge in [-0.1, -0.05) is 13.8 Å². The molecule has 16 heavy (non-hydrogen) atoms. The lowest BCUT2D eigenvalue weighted by Crippen LogP contribution is -2.46. The lowest BCUT2D eigenvalue weighted by Gasteiger charge is -2.33. The summed E-state index contributed by atoms with van der Waals surface area (Å²) in [6, 6.07) is 0.666. The van der Waals surface area contributed by atoms with Gasteiger partial charge in [0.25, 0.3) is 0 Å². The van der Waals surface area contributed by atoms with Crippen molar-refractivity contribution in [2.24, 2.45) is 5.73 Å². The molecule has 0 aliphatic rings. The minimum atomic E-state index is 0.0933. The van der Waals surface area contributed by atoms with Crippen molar-refractivity contribution in [1.82, 2.24) is 10.2 Å². The predicted molar refractivity (Wildman–Crippen MR) is 68.3 cm³/mol. The van der Waals surface area contributed by atoms with Gasteiger partial charge < -0.3 is 11.1 Å². The molecule has 0 aromatic carbocycles. The third-order valence-electron chi connectivity index (χ3n) is 3.16. The Morgan fingerprint density at radius 3 is 2.19 bits per heavy atom. The molecule has 0 spiro atoms. The van der Waals surface area contributed by atoms with E-state index in [1.807, 2.05) is 6.92 Å². The first-order valence-corrected chi connectivity index (χ1v) is 6.29. The van der Waals surface area contributed by atoms with Crippen LogP contribution in [0.3, 0.4) is 0 Å². The van der Waals surface area contributed by atoms with E-state index in [1.165, 1.54) is 0 Å². The van der Waals surface area contributed by atoms with E-state index in [-0.39, 0.29) is 11.9 Å². The number of hydrogen-bond acceptors (Lipinski definition) is 3. The molecule has 0 bridgehead atoms. The number of amides is 1. The average molecular weight is 229 g/mol. The van der Waals surface area contributed by atoms with Crippen LogP contribution in [0.5, 0.6) is 0 Å². The molecule has 0 rings (SSSR count). The van der Waals surface area contributed by atoms with Crippen molar-refractivity contribution in [3.8, 4) is 0 Å². The minimum Gasteiger partial charge on any atom is -0.356 e. The van der Waals surface area contributed by atoms with Gasteiger partial charge in [-0.15, -0.1) is 0 Å². The molecule has 0 radical (unpaired) electrons. The summed E-state index contributed by atoms with van der Waals surface area (Å²) in [5, 5.41) is 2.82. The van der Waals surface area contributed by atoms with Crippen LogP contribution in [-0.2, 0) is 4.79 Å². The van der Waals surface area contributed by atoms with E-state index in [2.05, 4.69) is 31.1 Å². The summed E-state index contributed by atoms with van der Waals surface area (Å²) in [5.41, 5.74) is 5.74. The molecule has 1 atom stereocenters. The molecule has 4 heteroatoms. The van der Waals surface area contributed by atoms with Gasteiger partial charge >= 0.3 is 0 Å². The van der Waals surface area contributed by atoms with Crippen molar-refractivity contribution in [3.05, 3.63) is 0 Å². The van der Waals surface area contributed by atoms with Crippen LogP contribution >= 0.6 is 0 Å². The number of hydrogen-bond donors (Lipinski definition) is 2. The first-order valence-electron chi connectivity index (χ1n) is 6.29. The molecule has 0 aliphatic carbocycles. The standard InChI is InChI=1S/C12H27N3O/c1-5-10(6-2)15(4)11(9-13)8-12(16)14-7-3/h10-11H,5-9,13H2,1-4H3,(H,14,16). The molecule has 1 amide bonds. The third-order valence-corrected chi connectivity index (χ3v) is 3.16. The zero-order valence-corrected chi connectivity index (χ0v) is 11.1. The van der Waals surface area contributed by atoms with E-state index in [4.69, 9.17) is 5.73 Å². The Morgan fingerprint density at radius 1 is 1.25 bits per heavy atom. The van der Waals surface area contributed by atoms with Crippen LogP contribution in [0.25, 0.3) is 0 Å². The van der Waals surface area contributed by atoms with Gasteiger partial charge in [0, 0.05) is 31.6 Å². The molecule has 0 saturated carbocycles. The summed E-state index contributed by atoms with van der Waals surface area (Å²) in [7, 11) is 2.06. The summed E-state index contributed by atoms with van der Waals surface area (Å²) in [6.07, 6.45) is 2.69. The third kappa shape index (κ3) is 4.94. The summed E-state index contributed by atoms with van der Waals surface area (Å²) < 4.78 is 0. The van der Waals surface area contributed by atoms with Crippen molar-refractivity contribution < 1.29 is 4.79 Å². The van der Waals surface area contributed by atoms with Crippen molar-refractivity contribution in [2.75, 3.05) is 20.1 Å². The Balaban J connectivity index is 4.30. The molecule has 0 aromatic rings. The second kappa shape index (κ2) is 8.53. The SMILES string of the molecule is CCNC(=O)CC(CN)N(C)C(CC)CC. The summed E-state index contributed by atoms with van der Waals surface area (Å²) in [6.45, 7) is 7.49. The van der Waals surface area contributed by atoms with Gasteiger partial charge in [0.05, 0.1) is 0 Å². The van der Waals surface area contributed by atoms with E-state index in [0.29, 0.717) is 25.6 Å². The second-order valence-corrected chi connectivity index (χ2v) is 4.18. The number of carbonyl (C=O) groups is 1. The molecule has 0 saturated heterocycles. The van der Waals surface area contributed by atoms with Crippen LogP contribution in [0.2, 0.25) is 0 Å². The Hall–Kier alpha value is -0.610. The first kappa shape index (κ1) is 15.4. The van der Waals surface area contributed by atoms with Crippen LogP contribution in [0.1, 0.15) is 40.0 Å². The highest BCUT2D eigenvalue weighted by atomic mass is 16.1. The Kier molecular flexibility index (Phi) is 8.21. The van der Waals surface area contributed by atoms with Crippen molar-refractivity contribution in [3.63, 3.8) is 0 Å². The fraction of sp³-hybridized carbons (Fsp3) is 0.917. The molecular formula is C12H27N3O. The Labute approximate surface area is 99.6 Å². The largest absolute Gasteiger partial charge is 0.356 e. The zero-order chi connectivity index (χ0) is 12.6. The monoisotopic (exact) mass is 229 g/mol. The summed E-state index contributed by atoms with van der Waals surface area (Å²) in [5.74, 6) is 0.0933. The van der Waals surface area contributed by atoms with Gasteiger partial charge in [-0.3, -0.25) is 9.69 Å². The molecule has 0 fully saturated rings. The maximum atomic E-state index is 11.5. The lowest BCUT2D eigenvalue weighted by atomic mass is 10.1. The average Bonchev–Trinajstić information content (AvgIpc) is 2.27. The highest BCUT2D eigenvalue weighted by Crippen LogP contribution is 2.11. The van der Waals surface area contributed by atoms with Gasteiger partial charge in [-0.2, -0.15) is 0 Å². The highest BCUT2D eigenvalue weighted by molar-refractivity contribution is 5.76. The van der Waals surface area contributed by atoms with Crippen LogP contribution in [0.15, 0.2) is 0 Å². The molecule has 0 aromatic heterocycles. The predicted octanol–water partition coefficient (Wildman–Crippen LogP) is 0.960. The zero-order valence-electron chi connectivity index (χ0n) is 11.1. The van der Waals surface area contributed by atoms with Gasteiger partial charge in [0.2, 0.25) is 5.91 Å². The number of nitrogens with one attached hydrogen (secondary N) is 1. The molecule has 0 heterocycles. The first-order chi connectivity index (χ1) is 7.60. The van der Waals surface area contributed by atoms with Gasteiger partial charge in [0.15, 0.2) is 0 Å². The van der Waals surface area contributed by atoms with Crippen molar-refractivity contribution in [1.29, 1.82) is 0 Å². The fourth-order valence-corrected chi connectivity index (χ4v) is 2.04. The maximum Gasteiger partial charge on any atom is 0.221 e. The van der Waals surface area contributed by atoms with E-state index in [0.717, 1.165) is 12.8 Å². The molecule has 0 aliphatic heterocycles. The van der Waals surface area contributed by atoms with E-state index in [9.17, 15) is 4.79 Å². The van der Waals surface area contributed by atoms with Crippen LogP contribution in [0.4, 0.5) is 0 Å². The number of carbonyl (C=O) groups excluding carboxylic acids is 1. The van der Waals surface area contributed by atoms with Crippen molar-refractivity contribution in [2.45, 2.75) is 52.1 Å². The van der Waals surface area contributed by atoms with E-state index in [1.54, 1.807) is 0 Å². The smallest absolute Gasteiger partial charge is 0.221 e. The van der Waals surface area contributed by atoms with E-state index < -0.39 is 0 Å². The Bertz CT molecular complexity index is 193. The number of nitrogens with zero attached hydrogens (tertiary/aromatic N) is 1. The van der Waals surface area contributed by atoms with Crippen LogP contribution in [0, 0.1) is 0 Å². The van der Waals surface area contributed by atoms with Gasteiger partial charge in [-0.05, 0) is 26.8 Å². The molecule has 3 N–H and O–H groups in total.